The highest BCUT2D eigenvalue weighted by Gasteiger charge is 2.38. The van der Waals surface area contributed by atoms with Gasteiger partial charge in [-0.2, -0.15) is 0 Å². The zero-order valence-corrected chi connectivity index (χ0v) is 45.1. The van der Waals surface area contributed by atoms with Crippen molar-refractivity contribution in [3.8, 4) is 23.0 Å². The van der Waals surface area contributed by atoms with Gasteiger partial charge in [0.1, 0.15) is 25.3 Å². The molecule has 21 nitrogen and oxygen atoms in total. The van der Waals surface area contributed by atoms with Crippen LogP contribution in [-0.2, 0) is 50.0 Å². The summed E-state index contributed by atoms with van der Waals surface area (Å²) in [6.07, 6.45) is 4.04. The van der Waals surface area contributed by atoms with E-state index in [0.29, 0.717) is 97.0 Å². The van der Waals surface area contributed by atoms with Crippen LogP contribution in [0.5, 0.6) is 23.0 Å². The van der Waals surface area contributed by atoms with Gasteiger partial charge in [0.25, 0.3) is 11.8 Å². The topological polar surface area (TPSA) is 282 Å². The highest BCUT2D eigenvalue weighted by Crippen LogP contribution is 2.42. The number of aliphatic carboxylic acids is 1. The van der Waals surface area contributed by atoms with Crippen LogP contribution in [0, 0.1) is 0 Å². The number of nitrogens with one attached hydrogen (secondary N) is 5. The van der Waals surface area contributed by atoms with Gasteiger partial charge in [-0.05, 0) is 123 Å². The Kier molecular flexibility index (Phi) is 19.0. The van der Waals surface area contributed by atoms with E-state index in [-0.39, 0.29) is 73.4 Å². The molecule has 80 heavy (non-hydrogen) atoms. The Labute approximate surface area is 463 Å². The van der Waals surface area contributed by atoms with Gasteiger partial charge in [-0.3, -0.25) is 38.6 Å². The molecular weight excluding hydrogens is 1030 g/mol. The summed E-state index contributed by atoms with van der Waals surface area (Å²) in [4.78, 5) is 98.1. The van der Waals surface area contributed by atoms with E-state index in [0.717, 1.165) is 35.3 Å². The van der Waals surface area contributed by atoms with Gasteiger partial charge in [0.2, 0.25) is 23.6 Å². The van der Waals surface area contributed by atoms with Gasteiger partial charge in [-0.1, -0.05) is 36.4 Å². The predicted molar refractivity (Wildman–Crippen MR) is 302 cm³/mol. The summed E-state index contributed by atoms with van der Waals surface area (Å²) in [6, 6.07) is 25.4. The minimum Gasteiger partial charge on any atom is -0.493 e. The fraction of sp³-hybridized carbons (Fsp3) is 0.356. The molecule has 0 bridgehead atoms. The first-order valence-corrected chi connectivity index (χ1v) is 26.6. The average Bonchev–Trinajstić information content (AvgIpc) is 4.13. The Balaban J connectivity index is 0.920. The lowest BCUT2D eigenvalue weighted by molar-refractivity contribution is -0.138. The van der Waals surface area contributed by atoms with Crippen LogP contribution in [0.25, 0.3) is 0 Å². The van der Waals surface area contributed by atoms with Crippen molar-refractivity contribution < 1.29 is 57.6 Å². The van der Waals surface area contributed by atoms with E-state index in [4.69, 9.17) is 29.8 Å². The van der Waals surface area contributed by atoms with Crippen LogP contribution >= 0.6 is 0 Å². The van der Waals surface area contributed by atoms with E-state index in [1.54, 1.807) is 41.3 Å². The van der Waals surface area contributed by atoms with Crippen molar-refractivity contribution in [2.75, 3.05) is 60.8 Å². The van der Waals surface area contributed by atoms with Gasteiger partial charge in [-0.15, -0.1) is 0 Å². The Morgan fingerprint density at radius 1 is 0.787 bits per heavy atom. The lowest BCUT2D eigenvalue weighted by Gasteiger charge is -2.22. The second kappa shape index (κ2) is 26.6. The number of ether oxygens (including phenoxy) is 4. The molecule has 6 amide bonds. The van der Waals surface area contributed by atoms with Crippen LogP contribution in [0.3, 0.4) is 0 Å². The standard InChI is InChI=1S/C59H67N9O12/c1-35(65-55(71)32-64-54(70)19-10-9-18-53(69)62-21-12-11-15-44(60)59(75)76)56(72)66-40-24-36(33-79-51-29-45(61-2)42(27-49(51)77-3)57(73)67-22-20-38-13-5-7-16-47(38)67)23-37(25-40)34-80-52-30-46-43(28-50(52)78-4)58(74)68-41(31-63-46)26-39-14-6-8-17-48(39)68/h5-8,13-14,16-17,23-25,27-30,35,41,44,63H,2,9-12,15,18-22,26,31-34,60H2,1,3-4H3,(H,62,69)(H,64,70)(H,65,71)(H,66,72)(H,75,76)/t35-,41-,44?/m0/s1. The minimum absolute atomic E-state index is 0.0288. The molecule has 8 rings (SSSR count). The van der Waals surface area contributed by atoms with E-state index in [1.165, 1.54) is 21.1 Å². The van der Waals surface area contributed by atoms with E-state index in [2.05, 4.69) is 38.3 Å². The number of benzene rings is 5. The quantitative estimate of drug-likeness (QED) is 0.0240. The number of fused-ring (bicyclic) bond motifs is 5. The van der Waals surface area contributed by atoms with E-state index in [1.807, 2.05) is 59.5 Å². The van der Waals surface area contributed by atoms with Crippen molar-refractivity contribution in [3.05, 3.63) is 124 Å². The number of rotatable bonds is 26. The number of nitrogens with two attached hydrogens (primary N) is 1. The monoisotopic (exact) mass is 1090 g/mol. The summed E-state index contributed by atoms with van der Waals surface area (Å²) >= 11 is 0. The number of aliphatic imine (C=N–C) groups is 1. The molecule has 3 heterocycles. The molecule has 0 spiro atoms. The fourth-order valence-electron chi connectivity index (χ4n) is 9.93. The van der Waals surface area contributed by atoms with Crippen LogP contribution < -0.4 is 61.1 Å². The van der Waals surface area contributed by atoms with Crippen molar-refractivity contribution in [1.29, 1.82) is 0 Å². The number of nitrogens with zero attached hydrogens (tertiary/aromatic N) is 3. The Morgan fingerprint density at radius 3 is 2.12 bits per heavy atom. The Morgan fingerprint density at radius 2 is 1.44 bits per heavy atom. The third kappa shape index (κ3) is 14.0. The van der Waals surface area contributed by atoms with Crippen LogP contribution in [0.15, 0.2) is 96.0 Å². The number of hydrogen-bond acceptors (Lipinski definition) is 14. The zero-order chi connectivity index (χ0) is 56.9. The Hall–Kier alpha value is -8.98. The molecule has 0 fully saturated rings. The third-order valence-electron chi connectivity index (χ3n) is 14.1. The number of carbonyl (C=O) groups is 7. The molecule has 21 heteroatoms. The molecule has 3 atom stereocenters. The summed E-state index contributed by atoms with van der Waals surface area (Å²) < 4.78 is 24.3. The lowest BCUT2D eigenvalue weighted by atomic mass is 10.1. The number of anilines is 4. The molecule has 1 unspecified atom stereocenters. The van der Waals surface area contributed by atoms with E-state index >= 15 is 0 Å². The van der Waals surface area contributed by atoms with Crippen LogP contribution in [0.1, 0.15) is 94.8 Å². The minimum atomic E-state index is -1.06. The predicted octanol–water partition coefficient (Wildman–Crippen LogP) is 6.21. The lowest BCUT2D eigenvalue weighted by Crippen LogP contribution is -2.45. The highest BCUT2D eigenvalue weighted by molar-refractivity contribution is 6.13. The molecule has 0 radical (unpaired) electrons. The van der Waals surface area contributed by atoms with Crippen molar-refractivity contribution >= 4 is 76.6 Å². The number of methoxy groups -OCH3 is 2. The molecule has 0 aliphatic carbocycles. The first-order chi connectivity index (χ1) is 38.6. The maximum Gasteiger partial charge on any atom is 0.320 e. The molecule has 420 valence electrons. The molecule has 8 N–H and O–H groups in total. The number of para-hydroxylation sites is 2. The van der Waals surface area contributed by atoms with Crippen molar-refractivity contribution in [2.24, 2.45) is 10.7 Å². The zero-order valence-electron chi connectivity index (χ0n) is 45.1. The number of carboxylic acids is 1. The second-order valence-electron chi connectivity index (χ2n) is 19.8. The van der Waals surface area contributed by atoms with Gasteiger partial charge < -0.3 is 66.2 Å². The van der Waals surface area contributed by atoms with Crippen LogP contribution in [-0.4, -0.2) is 112 Å². The van der Waals surface area contributed by atoms with Gasteiger partial charge in [0, 0.05) is 61.7 Å². The number of amides is 6. The van der Waals surface area contributed by atoms with Crippen LogP contribution in [0.4, 0.5) is 28.4 Å². The van der Waals surface area contributed by atoms with Crippen molar-refractivity contribution in [2.45, 2.75) is 96.1 Å². The maximum absolute atomic E-state index is 14.1. The molecule has 3 aliphatic heterocycles. The second-order valence-corrected chi connectivity index (χ2v) is 19.8. The largest absolute Gasteiger partial charge is 0.493 e. The van der Waals surface area contributed by atoms with Crippen molar-refractivity contribution in [1.82, 2.24) is 16.0 Å². The highest BCUT2D eigenvalue weighted by atomic mass is 16.5. The first-order valence-electron chi connectivity index (χ1n) is 26.6. The molecule has 3 aliphatic rings. The molecule has 5 aromatic rings. The summed E-state index contributed by atoms with van der Waals surface area (Å²) in [6.45, 7) is 6.19. The number of unbranched alkanes of at least 4 members (excludes halogenated alkanes) is 2. The van der Waals surface area contributed by atoms with E-state index in [9.17, 15) is 33.6 Å². The number of hydrogen-bond donors (Lipinski definition) is 7. The smallest absolute Gasteiger partial charge is 0.320 e. The van der Waals surface area contributed by atoms with Gasteiger partial charge >= 0.3 is 5.97 Å². The number of carboxylic acid groups (broad SMARTS) is 1. The van der Waals surface area contributed by atoms with Crippen molar-refractivity contribution in [3.63, 3.8) is 0 Å². The summed E-state index contributed by atoms with van der Waals surface area (Å²) in [5, 5.41) is 23.1. The van der Waals surface area contributed by atoms with Crippen LogP contribution in [0.2, 0.25) is 0 Å². The van der Waals surface area contributed by atoms with Gasteiger partial charge in [0.15, 0.2) is 23.0 Å². The maximum atomic E-state index is 14.1. The SMILES string of the molecule is C=Nc1cc(OCc2cc(COc3cc4c(cc3OC)C(=O)N3c5ccccc5C[C@H]3CN4)cc(NC(=O)[C@H](C)NC(=O)CNC(=O)CCCCC(=O)NCCCCC(N)C(=O)O)c2)c(OC)cc1C(=O)N1CCc2ccccc21. The average molecular weight is 1090 g/mol. The van der Waals surface area contributed by atoms with Gasteiger partial charge in [0.05, 0.1) is 49.3 Å². The fourth-order valence-corrected chi connectivity index (χ4v) is 9.93. The normalized spacial score (nSPS) is 14.6. The number of carbonyl (C=O) groups excluding carboxylic acids is 6. The van der Waals surface area contributed by atoms with E-state index < -0.39 is 35.8 Å². The summed E-state index contributed by atoms with van der Waals surface area (Å²) in [5.41, 5.74) is 12.5. The third-order valence-corrected chi connectivity index (χ3v) is 14.1. The Bertz CT molecular complexity index is 3170. The molecule has 0 saturated heterocycles. The molecule has 5 aromatic carbocycles. The molecular formula is C59H67N9O12. The van der Waals surface area contributed by atoms with Gasteiger partial charge in [-0.25, -0.2) is 0 Å². The first kappa shape index (κ1) is 57.2. The summed E-state index contributed by atoms with van der Waals surface area (Å²) in [5.74, 6) is -1.97. The molecule has 0 saturated carbocycles. The summed E-state index contributed by atoms with van der Waals surface area (Å²) in [7, 11) is 2.96. The molecule has 0 aromatic heterocycles.